The topological polar surface area (TPSA) is 61.5 Å². The van der Waals surface area contributed by atoms with Gasteiger partial charge in [-0.25, -0.2) is 0 Å². The second-order valence-corrected chi connectivity index (χ2v) is 6.78. The second-order valence-electron chi connectivity index (χ2n) is 6.78. The van der Waals surface area contributed by atoms with E-state index in [0.29, 0.717) is 12.0 Å². The number of piperidine rings is 1. The van der Waals surface area contributed by atoms with E-state index in [1.165, 1.54) is 12.8 Å². The summed E-state index contributed by atoms with van der Waals surface area (Å²) in [4.78, 5) is 2.46. The summed E-state index contributed by atoms with van der Waals surface area (Å²) in [6.45, 7) is 11.6. The maximum Gasteiger partial charge on any atom is 0.0540 e. The van der Waals surface area contributed by atoms with E-state index in [2.05, 4.69) is 31.0 Å². The Balaban J connectivity index is 2.43. The number of hydrogen-bond donors (Lipinski definition) is 3. The third kappa shape index (κ3) is 7.02. The Bertz CT molecular complexity index is 248. The Morgan fingerprint density at radius 3 is 2.70 bits per heavy atom. The van der Waals surface area contributed by atoms with E-state index in [1.807, 2.05) is 0 Å². The van der Waals surface area contributed by atoms with Gasteiger partial charge >= 0.3 is 0 Å². The Hall–Kier alpha value is -0.160. The molecule has 120 valence electrons. The highest BCUT2D eigenvalue weighted by Gasteiger charge is 2.27. The van der Waals surface area contributed by atoms with Gasteiger partial charge in [-0.3, -0.25) is 0 Å². The van der Waals surface area contributed by atoms with Crippen molar-refractivity contribution in [1.29, 1.82) is 0 Å². The van der Waals surface area contributed by atoms with Gasteiger partial charge in [-0.15, -0.1) is 0 Å². The zero-order valence-corrected chi connectivity index (χ0v) is 13.6. The van der Waals surface area contributed by atoms with Crippen LogP contribution in [0, 0.1) is 11.8 Å². The monoisotopic (exact) mass is 285 g/mol. The van der Waals surface area contributed by atoms with Crippen molar-refractivity contribution in [2.45, 2.75) is 58.6 Å². The highest BCUT2D eigenvalue weighted by atomic mass is 16.3. The highest BCUT2D eigenvalue weighted by molar-refractivity contribution is 4.84. The summed E-state index contributed by atoms with van der Waals surface area (Å²) < 4.78 is 0. The predicted octanol–water partition coefficient (Wildman–Crippen LogP) is 1.43. The van der Waals surface area contributed by atoms with Crippen molar-refractivity contribution in [3.8, 4) is 0 Å². The van der Waals surface area contributed by atoms with Crippen molar-refractivity contribution in [3.05, 3.63) is 0 Å². The molecule has 4 nitrogen and oxygen atoms in total. The lowest BCUT2D eigenvalue weighted by Crippen LogP contribution is -2.51. The van der Waals surface area contributed by atoms with Crippen molar-refractivity contribution in [2.75, 3.05) is 32.7 Å². The molecule has 1 aliphatic rings. The first kappa shape index (κ1) is 17.9. The van der Waals surface area contributed by atoms with E-state index in [1.54, 1.807) is 0 Å². The first-order chi connectivity index (χ1) is 9.55. The lowest BCUT2D eigenvalue weighted by Gasteiger charge is -2.39. The van der Waals surface area contributed by atoms with Crippen molar-refractivity contribution < 1.29 is 5.11 Å². The quantitative estimate of drug-likeness (QED) is 0.600. The van der Waals surface area contributed by atoms with Crippen molar-refractivity contribution in [2.24, 2.45) is 17.6 Å². The fourth-order valence-electron chi connectivity index (χ4n) is 3.11. The van der Waals surface area contributed by atoms with Crippen LogP contribution in [-0.4, -0.2) is 54.9 Å². The molecule has 4 heteroatoms. The summed E-state index contributed by atoms with van der Waals surface area (Å²) in [5.41, 5.74) is 5.71. The molecule has 3 unspecified atom stereocenters. The minimum absolute atomic E-state index is 0.144. The molecule has 0 radical (unpaired) electrons. The van der Waals surface area contributed by atoms with E-state index in [0.717, 1.165) is 51.5 Å². The fourth-order valence-corrected chi connectivity index (χ4v) is 3.11. The normalized spacial score (nSPS) is 26.1. The number of aliphatic hydroxyl groups excluding tert-OH is 1. The van der Waals surface area contributed by atoms with Gasteiger partial charge in [-0.1, -0.05) is 20.8 Å². The summed E-state index contributed by atoms with van der Waals surface area (Å²) in [6.07, 6.45) is 4.07. The smallest absolute Gasteiger partial charge is 0.0540 e. The Morgan fingerprint density at radius 2 is 2.10 bits per heavy atom. The molecule has 1 aliphatic heterocycles. The zero-order chi connectivity index (χ0) is 15.0. The van der Waals surface area contributed by atoms with Crippen LogP contribution in [0.4, 0.5) is 0 Å². The molecule has 1 heterocycles. The van der Waals surface area contributed by atoms with Crippen molar-refractivity contribution >= 4 is 0 Å². The average Bonchev–Trinajstić information content (AvgIpc) is 2.38. The lowest BCUT2D eigenvalue weighted by atomic mass is 9.88. The number of nitrogens with zero attached hydrogens (tertiary/aromatic N) is 1. The predicted molar refractivity (Wildman–Crippen MR) is 85.8 cm³/mol. The first-order valence-electron chi connectivity index (χ1n) is 8.39. The molecule has 0 aromatic rings. The molecule has 0 aromatic carbocycles. The maximum atomic E-state index is 9.90. The number of rotatable bonds is 9. The third-order valence-corrected chi connectivity index (χ3v) is 4.29. The summed E-state index contributed by atoms with van der Waals surface area (Å²) in [5.74, 6) is 1.35. The highest BCUT2D eigenvalue weighted by Crippen LogP contribution is 2.22. The number of nitrogens with two attached hydrogens (primary N) is 1. The molecular weight excluding hydrogens is 250 g/mol. The molecule has 0 spiro atoms. The molecule has 0 amide bonds. The number of likely N-dealkylation sites (tertiary alicyclic amines) is 1. The second kappa shape index (κ2) is 9.72. The number of hydrogen-bond acceptors (Lipinski definition) is 4. The van der Waals surface area contributed by atoms with Gasteiger partial charge in [-0.05, 0) is 44.1 Å². The SMILES string of the molecule is CCC(O)CC1CC(NCCC(C)C)CN(CCN)C1. The fraction of sp³-hybridized carbons (Fsp3) is 1.00. The van der Waals surface area contributed by atoms with Crippen LogP contribution in [0.3, 0.4) is 0 Å². The summed E-state index contributed by atoms with van der Waals surface area (Å²) in [6, 6.07) is 0.558. The molecule has 1 fully saturated rings. The molecule has 1 saturated heterocycles. The molecule has 0 bridgehead atoms. The van der Waals surface area contributed by atoms with E-state index >= 15 is 0 Å². The summed E-state index contributed by atoms with van der Waals surface area (Å²) in [5, 5.41) is 13.6. The standard InChI is InChI=1S/C16H35N3O/c1-4-16(20)10-14-9-15(18-7-5-13(2)3)12-19(11-14)8-6-17/h13-16,18,20H,4-12,17H2,1-3H3. The third-order valence-electron chi connectivity index (χ3n) is 4.29. The molecule has 1 rings (SSSR count). The molecule has 20 heavy (non-hydrogen) atoms. The van der Waals surface area contributed by atoms with Gasteiger partial charge in [0.25, 0.3) is 0 Å². The molecule has 0 aromatic heterocycles. The Morgan fingerprint density at radius 1 is 1.35 bits per heavy atom. The van der Waals surface area contributed by atoms with Crippen LogP contribution in [0.1, 0.15) is 46.5 Å². The van der Waals surface area contributed by atoms with Gasteiger partial charge in [-0.2, -0.15) is 0 Å². The van der Waals surface area contributed by atoms with Gasteiger partial charge in [0.2, 0.25) is 0 Å². The van der Waals surface area contributed by atoms with Gasteiger partial charge in [0.1, 0.15) is 0 Å². The van der Waals surface area contributed by atoms with Gasteiger partial charge < -0.3 is 21.1 Å². The van der Waals surface area contributed by atoms with Gasteiger partial charge in [0.05, 0.1) is 6.10 Å². The molecule has 0 saturated carbocycles. The largest absolute Gasteiger partial charge is 0.393 e. The van der Waals surface area contributed by atoms with E-state index in [4.69, 9.17) is 5.73 Å². The maximum absolute atomic E-state index is 9.90. The molecule has 4 N–H and O–H groups in total. The average molecular weight is 285 g/mol. The van der Waals surface area contributed by atoms with Crippen LogP contribution in [0.2, 0.25) is 0 Å². The minimum Gasteiger partial charge on any atom is -0.393 e. The zero-order valence-electron chi connectivity index (χ0n) is 13.6. The Labute approximate surface area is 125 Å². The van der Waals surface area contributed by atoms with Gasteiger partial charge in [0.15, 0.2) is 0 Å². The van der Waals surface area contributed by atoms with Crippen LogP contribution in [0.15, 0.2) is 0 Å². The lowest BCUT2D eigenvalue weighted by molar-refractivity contribution is 0.0851. The van der Waals surface area contributed by atoms with Crippen LogP contribution >= 0.6 is 0 Å². The molecule has 3 atom stereocenters. The molecule has 0 aliphatic carbocycles. The summed E-state index contributed by atoms with van der Waals surface area (Å²) in [7, 11) is 0. The minimum atomic E-state index is -0.144. The number of nitrogens with one attached hydrogen (secondary N) is 1. The summed E-state index contributed by atoms with van der Waals surface area (Å²) >= 11 is 0. The van der Waals surface area contributed by atoms with E-state index in [-0.39, 0.29) is 6.10 Å². The van der Waals surface area contributed by atoms with Gasteiger partial charge in [0, 0.05) is 32.2 Å². The van der Waals surface area contributed by atoms with Crippen LogP contribution in [0.5, 0.6) is 0 Å². The van der Waals surface area contributed by atoms with Crippen molar-refractivity contribution in [3.63, 3.8) is 0 Å². The van der Waals surface area contributed by atoms with E-state index in [9.17, 15) is 5.11 Å². The number of aliphatic hydroxyl groups is 1. The van der Waals surface area contributed by atoms with E-state index < -0.39 is 0 Å². The first-order valence-corrected chi connectivity index (χ1v) is 8.39. The van der Waals surface area contributed by atoms with Crippen LogP contribution in [-0.2, 0) is 0 Å². The van der Waals surface area contributed by atoms with Crippen molar-refractivity contribution in [1.82, 2.24) is 10.2 Å². The molecular formula is C16H35N3O. The van der Waals surface area contributed by atoms with Crippen LogP contribution < -0.4 is 11.1 Å². The Kier molecular flexibility index (Phi) is 8.69. The van der Waals surface area contributed by atoms with Crippen LogP contribution in [0.25, 0.3) is 0 Å².